The smallest absolute Gasteiger partial charge is 0.257 e. The van der Waals surface area contributed by atoms with Crippen molar-refractivity contribution >= 4 is 11.7 Å². The van der Waals surface area contributed by atoms with Crippen LogP contribution in [-0.2, 0) is 23.8 Å². The van der Waals surface area contributed by atoms with Crippen LogP contribution in [0, 0.1) is 17.8 Å². The van der Waals surface area contributed by atoms with E-state index in [1.54, 1.807) is 4.90 Å². The number of Topliss-reactive ketones (excluding diaryl/α,β-unsaturated/α-hetero) is 1. The van der Waals surface area contributed by atoms with Gasteiger partial charge < -0.3 is 19.1 Å². The van der Waals surface area contributed by atoms with Crippen LogP contribution in [0.4, 0.5) is 0 Å². The Labute approximate surface area is 135 Å². The van der Waals surface area contributed by atoms with Gasteiger partial charge in [-0.05, 0) is 12.3 Å². The van der Waals surface area contributed by atoms with E-state index in [1.165, 1.54) is 7.11 Å². The fraction of sp³-hybridized carbons (Fsp3) is 0.647. The highest BCUT2D eigenvalue weighted by molar-refractivity contribution is 6.22. The number of methoxy groups -OCH3 is 1. The summed E-state index contributed by atoms with van der Waals surface area (Å²) >= 11 is 0. The fourth-order valence-corrected chi connectivity index (χ4v) is 4.29. The minimum Gasteiger partial charge on any atom is -0.378 e. The van der Waals surface area contributed by atoms with Gasteiger partial charge in [0.05, 0.1) is 25.4 Å². The number of carbonyl (C=O) groups excluding carboxylic acids is 2. The number of amides is 1. The summed E-state index contributed by atoms with van der Waals surface area (Å²) in [6.45, 7) is 2.51. The first kappa shape index (κ1) is 15.1. The largest absolute Gasteiger partial charge is 0.378 e. The Morgan fingerprint density at radius 3 is 2.87 bits per heavy atom. The number of hydrogen-bond acceptors (Lipinski definition) is 5. The second kappa shape index (κ2) is 5.54. The molecule has 6 nitrogen and oxygen atoms in total. The molecule has 4 rings (SSSR count). The summed E-state index contributed by atoms with van der Waals surface area (Å²) in [5.74, 6) is -1.61. The molecule has 0 spiro atoms. The predicted molar refractivity (Wildman–Crippen MR) is 80.4 cm³/mol. The van der Waals surface area contributed by atoms with Crippen LogP contribution < -0.4 is 0 Å². The van der Waals surface area contributed by atoms with Crippen molar-refractivity contribution in [2.24, 2.45) is 17.8 Å². The molecule has 0 aromatic rings. The van der Waals surface area contributed by atoms with E-state index >= 15 is 0 Å². The molecule has 2 aliphatic carbocycles. The standard InChI is InChI=1S/C17H21NO5/c1-21-17-14-11(3-2-4-12(14)10-23-17)9-13(15(17)19)16(20)18-5-7-22-8-6-18/h2,4,9,11-12,14H,3,5-8,10H2,1H3/t11-,12+,14+,17-/m0/s1. The molecule has 2 fully saturated rings. The van der Waals surface area contributed by atoms with Gasteiger partial charge in [0.1, 0.15) is 0 Å². The Kier molecular flexibility index (Phi) is 3.63. The van der Waals surface area contributed by atoms with Crippen LogP contribution >= 0.6 is 0 Å². The van der Waals surface area contributed by atoms with Gasteiger partial charge in [-0.3, -0.25) is 9.59 Å². The highest BCUT2D eigenvalue weighted by atomic mass is 16.7. The van der Waals surface area contributed by atoms with Crippen LogP contribution in [0.25, 0.3) is 0 Å². The zero-order valence-electron chi connectivity index (χ0n) is 13.2. The van der Waals surface area contributed by atoms with Gasteiger partial charge in [0.25, 0.3) is 5.91 Å². The van der Waals surface area contributed by atoms with E-state index in [-0.39, 0.29) is 35.0 Å². The van der Waals surface area contributed by atoms with Crippen molar-refractivity contribution in [1.82, 2.24) is 4.90 Å². The Morgan fingerprint density at radius 1 is 1.35 bits per heavy atom. The van der Waals surface area contributed by atoms with Crippen molar-refractivity contribution in [2.45, 2.75) is 12.2 Å². The van der Waals surface area contributed by atoms with E-state index in [0.29, 0.717) is 32.9 Å². The molecular formula is C17H21NO5. The summed E-state index contributed by atoms with van der Waals surface area (Å²) in [5.41, 5.74) is 0.214. The highest BCUT2D eigenvalue weighted by Crippen LogP contribution is 2.51. The average molecular weight is 319 g/mol. The van der Waals surface area contributed by atoms with Crippen molar-refractivity contribution < 1.29 is 23.8 Å². The first-order valence-electron chi connectivity index (χ1n) is 8.17. The van der Waals surface area contributed by atoms with Crippen molar-refractivity contribution in [2.75, 3.05) is 40.0 Å². The number of ether oxygens (including phenoxy) is 3. The van der Waals surface area contributed by atoms with Crippen LogP contribution in [0.15, 0.2) is 23.8 Å². The van der Waals surface area contributed by atoms with Crippen LogP contribution in [0.3, 0.4) is 0 Å². The topological polar surface area (TPSA) is 65.1 Å². The molecule has 0 unspecified atom stereocenters. The molecule has 2 saturated heterocycles. The maximum absolute atomic E-state index is 13.1. The first-order chi connectivity index (χ1) is 11.2. The molecule has 6 heteroatoms. The molecule has 0 aromatic carbocycles. The van der Waals surface area contributed by atoms with Gasteiger partial charge in [-0.2, -0.15) is 0 Å². The zero-order chi connectivity index (χ0) is 16.0. The van der Waals surface area contributed by atoms with Crippen LogP contribution in [-0.4, -0.2) is 62.4 Å². The van der Waals surface area contributed by atoms with Crippen LogP contribution in [0.5, 0.6) is 0 Å². The van der Waals surface area contributed by atoms with Crippen LogP contribution in [0.2, 0.25) is 0 Å². The summed E-state index contributed by atoms with van der Waals surface area (Å²) < 4.78 is 16.7. The predicted octanol–water partition coefficient (Wildman–Crippen LogP) is 0.536. The van der Waals surface area contributed by atoms with E-state index in [2.05, 4.69) is 12.2 Å². The molecule has 0 bridgehead atoms. The Hall–Kier alpha value is -1.50. The number of morpholine rings is 1. The maximum atomic E-state index is 13.1. The normalized spacial score (nSPS) is 39.2. The van der Waals surface area contributed by atoms with E-state index in [0.717, 1.165) is 6.42 Å². The molecular weight excluding hydrogens is 298 g/mol. The number of ketones is 1. The monoisotopic (exact) mass is 319 g/mol. The minimum absolute atomic E-state index is 0.0359. The molecule has 0 saturated carbocycles. The maximum Gasteiger partial charge on any atom is 0.257 e. The van der Waals surface area contributed by atoms with Gasteiger partial charge in [-0.25, -0.2) is 0 Å². The van der Waals surface area contributed by atoms with Crippen molar-refractivity contribution in [3.8, 4) is 0 Å². The van der Waals surface area contributed by atoms with Gasteiger partial charge in [0.15, 0.2) is 0 Å². The lowest BCUT2D eigenvalue weighted by molar-refractivity contribution is -0.216. The fourth-order valence-electron chi connectivity index (χ4n) is 4.29. The summed E-state index contributed by atoms with van der Waals surface area (Å²) in [4.78, 5) is 27.6. The number of hydrogen-bond donors (Lipinski definition) is 0. The first-order valence-corrected chi connectivity index (χ1v) is 8.17. The van der Waals surface area contributed by atoms with Gasteiger partial charge in [-0.15, -0.1) is 0 Å². The number of allylic oxidation sites excluding steroid dienone is 2. The Morgan fingerprint density at radius 2 is 2.13 bits per heavy atom. The van der Waals surface area contributed by atoms with Crippen molar-refractivity contribution in [1.29, 1.82) is 0 Å². The summed E-state index contributed by atoms with van der Waals surface area (Å²) in [5, 5.41) is 0. The van der Waals surface area contributed by atoms with Gasteiger partial charge in [0, 0.05) is 32.0 Å². The van der Waals surface area contributed by atoms with Gasteiger partial charge in [0.2, 0.25) is 11.6 Å². The lowest BCUT2D eigenvalue weighted by Crippen LogP contribution is -2.55. The molecule has 2 aliphatic heterocycles. The molecule has 4 aliphatic rings. The van der Waals surface area contributed by atoms with Crippen molar-refractivity contribution in [3.05, 3.63) is 23.8 Å². The summed E-state index contributed by atoms with van der Waals surface area (Å²) in [7, 11) is 1.50. The van der Waals surface area contributed by atoms with Gasteiger partial charge in [-0.1, -0.05) is 18.2 Å². The minimum atomic E-state index is -1.30. The van der Waals surface area contributed by atoms with E-state index in [1.807, 2.05) is 6.08 Å². The summed E-state index contributed by atoms with van der Waals surface area (Å²) in [6.07, 6.45) is 6.89. The average Bonchev–Trinajstić information content (AvgIpc) is 3.00. The van der Waals surface area contributed by atoms with Crippen molar-refractivity contribution in [3.63, 3.8) is 0 Å². The third-order valence-corrected chi connectivity index (χ3v) is 5.42. The quantitative estimate of drug-likeness (QED) is 0.549. The second-order valence-electron chi connectivity index (χ2n) is 6.51. The molecule has 2 heterocycles. The highest BCUT2D eigenvalue weighted by Gasteiger charge is 2.61. The van der Waals surface area contributed by atoms with Crippen LogP contribution in [0.1, 0.15) is 6.42 Å². The Bertz CT molecular complexity index is 592. The second-order valence-corrected chi connectivity index (χ2v) is 6.51. The summed E-state index contributed by atoms with van der Waals surface area (Å²) in [6, 6.07) is 0. The van der Waals surface area contributed by atoms with Gasteiger partial charge >= 0.3 is 0 Å². The Balaban J connectivity index is 1.70. The molecule has 0 N–H and O–H groups in total. The van der Waals surface area contributed by atoms with E-state index < -0.39 is 5.79 Å². The molecule has 124 valence electrons. The number of carbonyl (C=O) groups is 2. The lowest BCUT2D eigenvalue weighted by Gasteiger charge is -2.42. The molecule has 1 amide bonds. The number of nitrogens with zero attached hydrogens (tertiary/aromatic N) is 1. The third-order valence-electron chi connectivity index (χ3n) is 5.42. The molecule has 4 atom stereocenters. The SMILES string of the molecule is CO[C@@]12OC[C@H]3C=CC[C@@H](C=C(C(=O)N4CCOCC4)C1=O)[C@H]32. The lowest BCUT2D eigenvalue weighted by atomic mass is 9.67. The molecule has 0 aromatic heterocycles. The molecule has 0 radical (unpaired) electrons. The van der Waals surface area contributed by atoms with E-state index in [9.17, 15) is 9.59 Å². The number of rotatable bonds is 2. The zero-order valence-corrected chi connectivity index (χ0v) is 13.2. The van der Waals surface area contributed by atoms with E-state index in [4.69, 9.17) is 14.2 Å². The molecule has 23 heavy (non-hydrogen) atoms. The third kappa shape index (κ3) is 2.12.